The molecule has 1 N–H and O–H groups in total. The molecule has 0 aliphatic carbocycles. The summed E-state index contributed by atoms with van der Waals surface area (Å²) in [5.74, 6) is 0.199. The molecule has 0 spiro atoms. The third kappa shape index (κ3) is 1.98. The number of aromatic nitrogens is 2. The van der Waals surface area contributed by atoms with Crippen molar-refractivity contribution >= 4 is 0 Å². The summed E-state index contributed by atoms with van der Waals surface area (Å²) in [5.41, 5.74) is 0.690. The van der Waals surface area contributed by atoms with Gasteiger partial charge in [0, 0.05) is 6.20 Å². The lowest BCUT2D eigenvalue weighted by Crippen LogP contribution is -2.07. The Morgan fingerprint density at radius 2 is 2.18 bits per heavy atom. The van der Waals surface area contributed by atoms with Crippen LogP contribution in [0, 0.1) is 5.92 Å². The highest BCUT2D eigenvalue weighted by Crippen LogP contribution is 2.17. The summed E-state index contributed by atoms with van der Waals surface area (Å²) in [7, 11) is 0. The van der Waals surface area contributed by atoms with Crippen molar-refractivity contribution in [1.82, 2.24) is 9.97 Å². The zero-order chi connectivity index (χ0) is 8.27. The number of hydrogen-bond acceptors (Lipinski definition) is 3. The van der Waals surface area contributed by atoms with Gasteiger partial charge in [0.1, 0.15) is 6.33 Å². The van der Waals surface area contributed by atoms with Crippen LogP contribution in [-0.4, -0.2) is 15.1 Å². The molecule has 11 heavy (non-hydrogen) atoms. The fourth-order valence-electron chi connectivity index (χ4n) is 0.817. The van der Waals surface area contributed by atoms with Crippen LogP contribution >= 0.6 is 0 Å². The highest BCUT2D eigenvalue weighted by Gasteiger charge is 2.11. The molecule has 0 aliphatic heterocycles. The van der Waals surface area contributed by atoms with Crippen molar-refractivity contribution in [3.63, 3.8) is 0 Å². The van der Waals surface area contributed by atoms with Crippen LogP contribution in [0.3, 0.4) is 0 Å². The maximum atomic E-state index is 9.51. The van der Waals surface area contributed by atoms with Crippen LogP contribution in [-0.2, 0) is 0 Å². The van der Waals surface area contributed by atoms with E-state index in [-0.39, 0.29) is 5.92 Å². The van der Waals surface area contributed by atoms with Gasteiger partial charge < -0.3 is 5.11 Å². The Bertz CT molecular complexity index is 211. The van der Waals surface area contributed by atoms with Gasteiger partial charge in [0.15, 0.2) is 0 Å². The summed E-state index contributed by atoms with van der Waals surface area (Å²) < 4.78 is 0. The smallest absolute Gasteiger partial charge is 0.115 e. The molecule has 0 fully saturated rings. The number of nitrogens with zero attached hydrogens (tertiary/aromatic N) is 2. The lowest BCUT2D eigenvalue weighted by molar-refractivity contribution is 0.122. The van der Waals surface area contributed by atoms with Gasteiger partial charge in [0.25, 0.3) is 0 Å². The molecule has 1 heterocycles. The Morgan fingerprint density at radius 3 is 2.64 bits per heavy atom. The Balaban J connectivity index is 2.77. The summed E-state index contributed by atoms with van der Waals surface area (Å²) in [6, 6.07) is 1.73. The van der Waals surface area contributed by atoms with Crippen molar-refractivity contribution < 1.29 is 5.11 Å². The lowest BCUT2D eigenvalue weighted by atomic mass is 10.0. The first-order chi connectivity index (χ1) is 5.22. The number of rotatable bonds is 2. The zero-order valence-corrected chi connectivity index (χ0v) is 6.73. The molecule has 60 valence electrons. The van der Waals surface area contributed by atoms with Gasteiger partial charge in [-0.1, -0.05) is 13.8 Å². The van der Waals surface area contributed by atoms with E-state index >= 15 is 0 Å². The molecule has 1 aromatic heterocycles. The van der Waals surface area contributed by atoms with E-state index in [2.05, 4.69) is 9.97 Å². The number of aliphatic hydroxyl groups excluding tert-OH is 1. The predicted molar refractivity (Wildman–Crippen MR) is 41.8 cm³/mol. The molecule has 0 aliphatic rings. The quantitative estimate of drug-likeness (QED) is 0.691. The maximum Gasteiger partial charge on any atom is 0.115 e. The van der Waals surface area contributed by atoms with Crippen molar-refractivity contribution in [2.45, 2.75) is 20.0 Å². The van der Waals surface area contributed by atoms with Gasteiger partial charge in [-0.05, 0) is 12.0 Å². The third-order valence-corrected chi connectivity index (χ3v) is 1.54. The Labute approximate surface area is 66.1 Å². The van der Waals surface area contributed by atoms with Crippen LogP contribution in [0.25, 0.3) is 0 Å². The molecule has 1 rings (SSSR count). The SMILES string of the molecule is CC(C)C(O)c1ccncn1. The summed E-state index contributed by atoms with van der Waals surface area (Å²) in [5, 5.41) is 9.51. The van der Waals surface area contributed by atoms with Gasteiger partial charge in [-0.25, -0.2) is 9.97 Å². The minimum absolute atomic E-state index is 0.199. The molecule has 0 amide bonds. The third-order valence-electron chi connectivity index (χ3n) is 1.54. The number of hydrogen-bond donors (Lipinski definition) is 1. The summed E-state index contributed by atoms with van der Waals surface area (Å²) >= 11 is 0. The predicted octanol–water partition coefficient (Wildman–Crippen LogP) is 1.17. The van der Waals surface area contributed by atoms with Crippen molar-refractivity contribution in [3.05, 3.63) is 24.3 Å². The maximum absolute atomic E-state index is 9.51. The Hall–Kier alpha value is -0.960. The topological polar surface area (TPSA) is 46.0 Å². The Morgan fingerprint density at radius 1 is 1.45 bits per heavy atom. The molecule has 0 bridgehead atoms. The standard InChI is InChI=1S/C8H12N2O/c1-6(2)8(11)7-3-4-9-5-10-7/h3-6,8,11H,1-2H3. The molecule has 3 nitrogen and oxygen atoms in total. The lowest BCUT2D eigenvalue weighted by Gasteiger charge is -2.12. The average Bonchev–Trinajstić information content (AvgIpc) is 2.05. The Kier molecular flexibility index (Phi) is 2.54. The zero-order valence-electron chi connectivity index (χ0n) is 6.73. The van der Waals surface area contributed by atoms with E-state index in [4.69, 9.17) is 0 Å². The van der Waals surface area contributed by atoms with Crippen LogP contribution in [0.15, 0.2) is 18.6 Å². The van der Waals surface area contributed by atoms with E-state index in [0.29, 0.717) is 5.69 Å². The van der Waals surface area contributed by atoms with E-state index in [9.17, 15) is 5.11 Å². The minimum Gasteiger partial charge on any atom is -0.387 e. The second-order valence-electron chi connectivity index (χ2n) is 2.82. The molecule has 1 aromatic rings. The highest BCUT2D eigenvalue weighted by atomic mass is 16.3. The van der Waals surface area contributed by atoms with Gasteiger partial charge in [-0.3, -0.25) is 0 Å². The monoisotopic (exact) mass is 152 g/mol. The second kappa shape index (κ2) is 3.44. The van der Waals surface area contributed by atoms with E-state index in [1.807, 2.05) is 13.8 Å². The van der Waals surface area contributed by atoms with E-state index < -0.39 is 6.10 Å². The normalized spacial score (nSPS) is 13.5. The van der Waals surface area contributed by atoms with Crippen molar-refractivity contribution in [2.24, 2.45) is 5.92 Å². The summed E-state index contributed by atoms with van der Waals surface area (Å²) in [4.78, 5) is 7.70. The summed E-state index contributed by atoms with van der Waals surface area (Å²) in [6.45, 7) is 3.90. The fraction of sp³-hybridized carbons (Fsp3) is 0.500. The molecule has 3 heteroatoms. The van der Waals surface area contributed by atoms with E-state index in [1.54, 1.807) is 12.3 Å². The highest BCUT2D eigenvalue weighted by molar-refractivity contribution is 5.02. The van der Waals surface area contributed by atoms with E-state index in [1.165, 1.54) is 6.33 Å². The van der Waals surface area contributed by atoms with Crippen LogP contribution in [0.2, 0.25) is 0 Å². The largest absolute Gasteiger partial charge is 0.387 e. The molecule has 0 saturated heterocycles. The summed E-state index contributed by atoms with van der Waals surface area (Å²) in [6.07, 6.45) is 2.60. The van der Waals surface area contributed by atoms with Gasteiger partial charge in [-0.15, -0.1) is 0 Å². The second-order valence-corrected chi connectivity index (χ2v) is 2.82. The first-order valence-electron chi connectivity index (χ1n) is 3.66. The molecular formula is C8H12N2O. The van der Waals surface area contributed by atoms with Crippen LogP contribution in [0.4, 0.5) is 0 Å². The van der Waals surface area contributed by atoms with Gasteiger partial charge in [0.05, 0.1) is 11.8 Å². The molecule has 0 aromatic carbocycles. The van der Waals surface area contributed by atoms with Crippen molar-refractivity contribution in [1.29, 1.82) is 0 Å². The van der Waals surface area contributed by atoms with Gasteiger partial charge in [0.2, 0.25) is 0 Å². The molecule has 1 atom stereocenters. The van der Waals surface area contributed by atoms with E-state index in [0.717, 1.165) is 0 Å². The van der Waals surface area contributed by atoms with Crippen LogP contribution < -0.4 is 0 Å². The fourth-order valence-corrected chi connectivity index (χ4v) is 0.817. The van der Waals surface area contributed by atoms with Gasteiger partial charge in [-0.2, -0.15) is 0 Å². The molecular weight excluding hydrogens is 140 g/mol. The van der Waals surface area contributed by atoms with Crippen LogP contribution in [0.5, 0.6) is 0 Å². The minimum atomic E-state index is -0.474. The first-order valence-corrected chi connectivity index (χ1v) is 3.66. The van der Waals surface area contributed by atoms with Crippen LogP contribution in [0.1, 0.15) is 25.6 Å². The molecule has 0 saturated carbocycles. The van der Waals surface area contributed by atoms with Crippen molar-refractivity contribution in [2.75, 3.05) is 0 Å². The molecule has 1 unspecified atom stereocenters. The molecule has 0 radical (unpaired) electrons. The first kappa shape index (κ1) is 8.14. The number of aliphatic hydroxyl groups is 1. The average molecular weight is 152 g/mol. The van der Waals surface area contributed by atoms with Crippen molar-refractivity contribution in [3.8, 4) is 0 Å². The van der Waals surface area contributed by atoms with Gasteiger partial charge >= 0.3 is 0 Å².